The molecule has 0 bridgehead atoms. The number of thioether (sulfide) groups is 1. The van der Waals surface area contributed by atoms with Crippen molar-refractivity contribution in [3.05, 3.63) is 45.3 Å². The molecule has 8 nitrogen and oxygen atoms in total. The van der Waals surface area contributed by atoms with E-state index in [1.807, 2.05) is 23.5 Å². The van der Waals surface area contributed by atoms with Gasteiger partial charge in [-0.2, -0.15) is 0 Å². The Balaban J connectivity index is 1.30. The molecular weight excluding hydrogens is 466 g/mol. The van der Waals surface area contributed by atoms with Crippen molar-refractivity contribution in [2.75, 3.05) is 22.7 Å². The summed E-state index contributed by atoms with van der Waals surface area (Å²) in [6.45, 7) is 3.01. The van der Waals surface area contributed by atoms with Gasteiger partial charge in [-0.25, -0.2) is 9.99 Å². The molecular formula is C21H22ClN7OS2. The average molecular weight is 488 g/mol. The zero-order valence-electron chi connectivity index (χ0n) is 17.4. The first-order valence-corrected chi connectivity index (χ1v) is 12.8. The number of hydrazine groups is 1. The minimum atomic E-state index is -0.108. The molecule has 6 rings (SSSR count). The minimum absolute atomic E-state index is 0.0686. The molecule has 1 saturated heterocycles. The van der Waals surface area contributed by atoms with Crippen LogP contribution in [0.15, 0.2) is 29.4 Å². The SMILES string of the molecule is C[C@@H]1CCc2c(sc3c2C2NCNN2c2nnc(SCC(=O)Nc4cccc(Cl)c4)n2-3)C1. The summed E-state index contributed by atoms with van der Waals surface area (Å²) in [5, 5.41) is 19.9. The number of hydrogen-bond donors (Lipinski definition) is 3. The fourth-order valence-electron chi connectivity index (χ4n) is 4.62. The summed E-state index contributed by atoms with van der Waals surface area (Å²) in [5.41, 5.74) is 6.87. The molecule has 2 aliphatic heterocycles. The van der Waals surface area contributed by atoms with E-state index in [-0.39, 0.29) is 17.8 Å². The molecule has 1 aromatic carbocycles. The average Bonchev–Trinajstić information content (AvgIpc) is 3.47. The third-order valence-electron chi connectivity index (χ3n) is 6.09. The summed E-state index contributed by atoms with van der Waals surface area (Å²) in [6, 6.07) is 7.15. The van der Waals surface area contributed by atoms with Crippen molar-refractivity contribution in [2.45, 2.75) is 37.5 Å². The van der Waals surface area contributed by atoms with Crippen molar-refractivity contribution in [3.63, 3.8) is 0 Å². The monoisotopic (exact) mass is 487 g/mol. The topological polar surface area (TPSA) is 87.1 Å². The van der Waals surface area contributed by atoms with Gasteiger partial charge in [0.1, 0.15) is 11.2 Å². The summed E-state index contributed by atoms with van der Waals surface area (Å²) in [7, 11) is 0. The first-order chi connectivity index (χ1) is 15.6. The van der Waals surface area contributed by atoms with Gasteiger partial charge >= 0.3 is 0 Å². The van der Waals surface area contributed by atoms with Crippen LogP contribution in [0.3, 0.4) is 0 Å². The van der Waals surface area contributed by atoms with Crippen molar-refractivity contribution < 1.29 is 4.79 Å². The molecule has 3 aromatic rings. The number of halogens is 1. The molecule has 0 saturated carbocycles. The highest BCUT2D eigenvalue weighted by molar-refractivity contribution is 7.99. The van der Waals surface area contributed by atoms with Crippen molar-refractivity contribution in [2.24, 2.45) is 5.92 Å². The molecule has 2 atom stereocenters. The number of carbonyl (C=O) groups excluding carboxylic acids is 1. The molecule has 11 heteroatoms. The third-order valence-corrected chi connectivity index (χ3v) is 8.50. The van der Waals surface area contributed by atoms with Crippen LogP contribution in [0.25, 0.3) is 5.00 Å². The number of nitrogens with zero attached hydrogens (tertiary/aromatic N) is 4. The lowest BCUT2D eigenvalue weighted by Crippen LogP contribution is -2.39. The van der Waals surface area contributed by atoms with Gasteiger partial charge < -0.3 is 5.32 Å². The van der Waals surface area contributed by atoms with E-state index in [9.17, 15) is 4.79 Å². The standard InChI is InChI=1S/C21H22ClN7OS2/c1-11-5-6-14-15(7-11)32-19-17(14)18-23-10-24-29(18)20-26-27-21(28(19)20)31-9-16(30)25-13-4-2-3-12(22)8-13/h2-4,8,11,18,23-24H,5-7,9-10H2,1H3,(H,25,30)/t11-,18?/m1/s1. The molecule has 32 heavy (non-hydrogen) atoms. The van der Waals surface area contributed by atoms with Crippen LogP contribution in [0.5, 0.6) is 0 Å². The Morgan fingerprint density at radius 3 is 3.19 bits per heavy atom. The van der Waals surface area contributed by atoms with Gasteiger partial charge in [0.25, 0.3) is 0 Å². The highest BCUT2D eigenvalue weighted by atomic mass is 35.5. The largest absolute Gasteiger partial charge is 0.325 e. The Morgan fingerprint density at radius 2 is 2.31 bits per heavy atom. The normalized spacial score (nSPS) is 21.0. The molecule has 0 spiro atoms. The number of nitrogens with one attached hydrogen (secondary N) is 3. The highest BCUT2D eigenvalue weighted by Gasteiger charge is 2.42. The maximum absolute atomic E-state index is 12.5. The smallest absolute Gasteiger partial charge is 0.249 e. The van der Waals surface area contributed by atoms with Crippen LogP contribution in [-0.4, -0.2) is 33.1 Å². The first-order valence-electron chi connectivity index (χ1n) is 10.6. The molecule has 1 aliphatic carbocycles. The Hall–Kier alpha value is -2.11. The molecule has 0 radical (unpaired) electrons. The van der Waals surface area contributed by atoms with Gasteiger partial charge in [-0.05, 0) is 48.9 Å². The lowest BCUT2D eigenvalue weighted by Gasteiger charge is -2.31. The van der Waals surface area contributed by atoms with Crippen molar-refractivity contribution in [1.82, 2.24) is 25.5 Å². The van der Waals surface area contributed by atoms with Gasteiger partial charge in [0.05, 0.1) is 12.4 Å². The number of carbonyl (C=O) groups is 1. The maximum Gasteiger partial charge on any atom is 0.249 e. The van der Waals surface area contributed by atoms with Crippen molar-refractivity contribution in [3.8, 4) is 5.00 Å². The van der Waals surface area contributed by atoms with E-state index < -0.39 is 0 Å². The number of thiophene rings is 1. The summed E-state index contributed by atoms with van der Waals surface area (Å²) in [5.74, 6) is 1.59. The zero-order valence-corrected chi connectivity index (χ0v) is 19.8. The van der Waals surface area contributed by atoms with Crippen molar-refractivity contribution >= 4 is 52.2 Å². The Kier molecular flexibility index (Phi) is 5.14. The molecule has 4 heterocycles. The fraction of sp³-hybridized carbons (Fsp3) is 0.381. The molecule has 3 N–H and O–H groups in total. The van der Waals surface area contributed by atoms with Crippen LogP contribution >= 0.6 is 34.7 Å². The van der Waals surface area contributed by atoms with E-state index in [2.05, 4.69) is 42.8 Å². The molecule has 1 unspecified atom stereocenters. The minimum Gasteiger partial charge on any atom is -0.325 e. The molecule has 3 aliphatic rings. The van der Waals surface area contributed by atoms with E-state index >= 15 is 0 Å². The lowest BCUT2D eigenvalue weighted by atomic mass is 9.87. The number of hydrogen-bond acceptors (Lipinski definition) is 8. The highest BCUT2D eigenvalue weighted by Crippen LogP contribution is 2.48. The first kappa shape index (κ1) is 20.5. The van der Waals surface area contributed by atoms with E-state index in [4.69, 9.17) is 11.6 Å². The summed E-state index contributed by atoms with van der Waals surface area (Å²) >= 11 is 9.26. The van der Waals surface area contributed by atoms with Gasteiger partial charge in [-0.1, -0.05) is 36.4 Å². The van der Waals surface area contributed by atoms with Crippen LogP contribution in [0.1, 0.15) is 35.5 Å². The lowest BCUT2D eigenvalue weighted by molar-refractivity contribution is -0.113. The number of amides is 1. The summed E-state index contributed by atoms with van der Waals surface area (Å²) < 4.78 is 2.11. The number of rotatable bonds is 4. The number of anilines is 2. The predicted molar refractivity (Wildman–Crippen MR) is 128 cm³/mol. The van der Waals surface area contributed by atoms with E-state index in [0.717, 1.165) is 23.9 Å². The van der Waals surface area contributed by atoms with Gasteiger partial charge in [0, 0.05) is 21.2 Å². The van der Waals surface area contributed by atoms with Crippen LogP contribution in [-0.2, 0) is 17.6 Å². The number of benzene rings is 1. The van der Waals surface area contributed by atoms with Gasteiger partial charge in [-0.3, -0.25) is 15.1 Å². The Morgan fingerprint density at radius 1 is 1.41 bits per heavy atom. The molecule has 1 amide bonds. The van der Waals surface area contributed by atoms with Crippen LogP contribution in [0.4, 0.5) is 11.6 Å². The fourth-order valence-corrected chi connectivity index (χ4v) is 7.14. The Bertz CT molecular complexity index is 1210. The summed E-state index contributed by atoms with van der Waals surface area (Å²) in [6.07, 6.45) is 3.52. The van der Waals surface area contributed by atoms with E-state index in [0.29, 0.717) is 23.3 Å². The van der Waals surface area contributed by atoms with Gasteiger partial charge in [0.15, 0.2) is 5.16 Å². The van der Waals surface area contributed by atoms with E-state index in [1.54, 1.807) is 12.1 Å². The third kappa shape index (κ3) is 3.41. The quantitative estimate of drug-likeness (QED) is 0.483. The second kappa shape index (κ2) is 8.03. The van der Waals surface area contributed by atoms with Gasteiger partial charge in [0.2, 0.25) is 11.9 Å². The zero-order chi connectivity index (χ0) is 21.8. The number of aromatic nitrogens is 3. The van der Waals surface area contributed by atoms with Crippen LogP contribution < -0.4 is 21.1 Å². The molecule has 166 valence electrons. The number of fused-ring (bicyclic) bond motifs is 8. The van der Waals surface area contributed by atoms with Gasteiger partial charge in [-0.15, -0.1) is 21.5 Å². The Labute approximate surface area is 198 Å². The van der Waals surface area contributed by atoms with Crippen molar-refractivity contribution in [1.29, 1.82) is 0 Å². The second-order valence-electron chi connectivity index (χ2n) is 8.35. The van der Waals surface area contributed by atoms with Crippen LogP contribution in [0, 0.1) is 5.92 Å². The predicted octanol–water partition coefficient (Wildman–Crippen LogP) is 3.72. The summed E-state index contributed by atoms with van der Waals surface area (Å²) in [4.78, 5) is 14.0. The second-order valence-corrected chi connectivity index (χ2v) is 10.8. The molecule has 2 aromatic heterocycles. The maximum atomic E-state index is 12.5. The van der Waals surface area contributed by atoms with Crippen LogP contribution in [0.2, 0.25) is 5.02 Å². The molecule has 1 fully saturated rings. The van der Waals surface area contributed by atoms with E-state index in [1.165, 1.54) is 39.2 Å².